The second-order valence-corrected chi connectivity index (χ2v) is 5.69. The monoisotopic (exact) mass is 146 g/mol. The minimum Gasteiger partial charge on any atom is -0.228 e. The van der Waals surface area contributed by atoms with E-state index in [1.807, 2.05) is 0 Å². The van der Waals surface area contributed by atoms with Gasteiger partial charge in [0, 0.05) is 5.75 Å². The van der Waals surface area contributed by atoms with Gasteiger partial charge >= 0.3 is 0 Å². The molecule has 0 aromatic rings. The summed E-state index contributed by atoms with van der Waals surface area (Å²) in [4.78, 5) is 0. The summed E-state index contributed by atoms with van der Waals surface area (Å²) in [5.74, 6) is 0.909. The highest BCUT2D eigenvalue weighted by Gasteiger charge is 2.76. The zero-order valence-corrected chi connectivity index (χ0v) is 6.24. The van der Waals surface area contributed by atoms with E-state index in [-0.39, 0.29) is 4.75 Å². The quantitative estimate of drug-likeness (QED) is 0.571. The van der Waals surface area contributed by atoms with Crippen LogP contribution in [0.3, 0.4) is 0 Å². The number of hydrogen-bond acceptors (Lipinski definition) is 2. The molecule has 2 aliphatic carbocycles. The lowest BCUT2D eigenvalue weighted by atomic mass is 10.4. The molecule has 2 saturated carbocycles. The van der Waals surface area contributed by atoms with Gasteiger partial charge in [-0.05, 0) is 18.8 Å². The van der Waals surface area contributed by atoms with E-state index in [1.165, 1.54) is 0 Å². The Kier molecular flexibility index (Phi) is 0.757. The van der Waals surface area contributed by atoms with Crippen LogP contribution < -0.4 is 0 Å². The molecule has 2 nitrogen and oxygen atoms in total. The van der Waals surface area contributed by atoms with Crippen molar-refractivity contribution in [2.75, 3.05) is 5.75 Å². The maximum Gasteiger partial charge on any atom is 0.156 e. The van der Waals surface area contributed by atoms with Gasteiger partial charge in [-0.1, -0.05) is 6.92 Å². The largest absolute Gasteiger partial charge is 0.228 e. The van der Waals surface area contributed by atoms with Crippen molar-refractivity contribution in [3.05, 3.63) is 0 Å². The van der Waals surface area contributed by atoms with Crippen molar-refractivity contribution in [3.8, 4) is 0 Å². The van der Waals surface area contributed by atoms with E-state index >= 15 is 0 Å². The Morgan fingerprint density at radius 3 is 2.11 bits per heavy atom. The predicted molar refractivity (Wildman–Crippen MR) is 34.9 cm³/mol. The zero-order valence-electron chi connectivity index (χ0n) is 5.42. The van der Waals surface area contributed by atoms with E-state index in [4.69, 9.17) is 0 Å². The van der Waals surface area contributed by atoms with E-state index in [9.17, 15) is 8.42 Å². The minimum atomic E-state index is -2.65. The molecule has 2 rings (SSSR count). The average molecular weight is 146 g/mol. The first-order chi connectivity index (χ1) is 4.12. The molecule has 3 heteroatoms. The van der Waals surface area contributed by atoms with Gasteiger partial charge in [-0.15, -0.1) is 0 Å². The molecule has 0 saturated heterocycles. The van der Waals surface area contributed by atoms with Crippen LogP contribution >= 0.6 is 0 Å². The van der Waals surface area contributed by atoms with E-state index in [2.05, 4.69) is 0 Å². The predicted octanol–water partition coefficient (Wildman–Crippen LogP) is 0.584. The van der Waals surface area contributed by atoms with Gasteiger partial charge in [-0.3, -0.25) is 0 Å². The Balaban J connectivity index is 2.31. The van der Waals surface area contributed by atoms with Crippen LogP contribution in [0.2, 0.25) is 0 Å². The Bertz CT molecular complexity index is 234. The van der Waals surface area contributed by atoms with Gasteiger partial charge in [-0.25, -0.2) is 8.42 Å². The van der Waals surface area contributed by atoms with Crippen LogP contribution in [0.1, 0.15) is 19.8 Å². The molecule has 0 spiro atoms. The molecule has 0 aliphatic heterocycles. The van der Waals surface area contributed by atoms with E-state index in [0.29, 0.717) is 11.7 Å². The van der Waals surface area contributed by atoms with Gasteiger partial charge < -0.3 is 0 Å². The Labute approximate surface area is 55.2 Å². The van der Waals surface area contributed by atoms with Crippen molar-refractivity contribution in [3.63, 3.8) is 0 Å². The molecular formula is C6H10O2S. The van der Waals surface area contributed by atoms with Crippen molar-refractivity contribution < 1.29 is 8.42 Å². The topological polar surface area (TPSA) is 34.1 Å². The fraction of sp³-hybridized carbons (Fsp3) is 1.00. The van der Waals surface area contributed by atoms with Crippen LogP contribution in [-0.4, -0.2) is 18.9 Å². The fourth-order valence-electron chi connectivity index (χ4n) is 1.45. The molecule has 0 aromatic carbocycles. The third kappa shape index (κ3) is 0.491. The van der Waals surface area contributed by atoms with Crippen molar-refractivity contribution in [1.82, 2.24) is 0 Å². The Morgan fingerprint density at radius 2 is 2.00 bits per heavy atom. The highest BCUT2D eigenvalue weighted by atomic mass is 32.2. The van der Waals surface area contributed by atoms with Crippen LogP contribution in [0.15, 0.2) is 0 Å². The third-order valence-electron chi connectivity index (χ3n) is 2.61. The lowest BCUT2D eigenvalue weighted by Gasteiger charge is -2.00. The summed E-state index contributed by atoms with van der Waals surface area (Å²) >= 11 is 0. The van der Waals surface area contributed by atoms with Gasteiger partial charge in [0.25, 0.3) is 0 Å². The highest BCUT2D eigenvalue weighted by Crippen LogP contribution is 2.71. The molecule has 0 amide bonds. The molecule has 2 fully saturated rings. The van der Waals surface area contributed by atoms with E-state index < -0.39 is 9.84 Å². The molecule has 0 heterocycles. The average Bonchev–Trinajstić information content (AvgIpc) is 2.45. The van der Waals surface area contributed by atoms with Crippen LogP contribution in [0.25, 0.3) is 0 Å². The number of sulfone groups is 1. The van der Waals surface area contributed by atoms with Gasteiger partial charge in [0.2, 0.25) is 0 Å². The Morgan fingerprint density at radius 1 is 1.56 bits per heavy atom. The smallest absolute Gasteiger partial charge is 0.156 e. The zero-order chi connectivity index (χ0) is 6.70. The molecule has 0 N–H and O–H groups in total. The summed E-state index contributed by atoms with van der Waals surface area (Å²) in [6.45, 7) is 1.73. The normalized spacial score (nSPS) is 46.1. The summed E-state index contributed by atoms with van der Waals surface area (Å²) in [7, 11) is -2.65. The molecule has 9 heavy (non-hydrogen) atoms. The molecule has 52 valence electrons. The molecular weight excluding hydrogens is 136 g/mol. The van der Waals surface area contributed by atoms with Crippen molar-refractivity contribution in [2.45, 2.75) is 24.5 Å². The maximum absolute atomic E-state index is 11.1. The van der Waals surface area contributed by atoms with Gasteiger partial charge in [0.1, 0.15) is 0 Å². The first-order valence-corrected chi connectivity index (χ1v) is 5.00. The van der Waals surface area contributed by atoms with Crippen LogP contribution in [0.4, 0.5) is 0 Å². The molecule has 0 bridgehead atoms. The van der Waals surface area contributed by atoms with Crippen LogP contribution in [-0.2, 0) is 9.84 Å². The van der Waals surface area contributed by atoms with E-state index in [0.717, 1.165) is 12.8 Å². The standard InChI is InChI=1S/C6H10O2S/c1-2-9(7,8)6-3-5(6)4-6/h5H,2-4H2,1H3. The van der Waals surface area contributed by atoms with Crippen LogP contribution in [0, 0.1) is 5.92 Å². The maximum atomic E-state index is 11.1. The third-order valence-corrected chi connectivity index (χ3v) is 5.27. The van der Waals surface area contributed by atoms with E-state index in [1.54, 1.807) is 6.92 Å². The second kappa shape index (κ2) is 1.19. The molecule has 0 aromatic heterocycles. The summed E-state index contributed by atoms with van der Waals surface area (Å²) in [5.41, 5.74) is 0. The van der Waals surface area contributed by atoms with Gasteiger partial charge in [-0.2, -0.15) is 0 Å². The molecule has 0 unspecified atom stereocenters. The lowest BCUT2D eigenvalue weighted by molar-refractivity contribution is 0.588. The minimum absolute atomic E-state index is 0.165. The summed E-state index contributed by atoms with van der Waals surface area (Å²) in [6, 6.07) is 0. The molecule has 0 atom stereocenters. The Hall–Kier alpha value is -0.0500. The van der Waals surface area contributed by atoms with Gasteiger partial charge in [0.15, 0.2) is 9.84 Å². The summed E-state index contributed by atoms with van der Waals surface area (Å²) in [5, 5.41) is 0. The number of hydrogen-bond donors (Lipinski definition) is 0. The number of fused-ring (bicyclic) bond motifs is 1. The summed E-state index contributed by atoms with van der Waals surface area (Å²) < 4.78 is 22.1. The molecule has 0 radical (unpaired) electrons. The second-order valence-electron chi connectivity index (χ2n) is 3.07. The van der Waals surface area contributed by atoms with Crippen LogP contribution in [0.5, 0.6) is 0 Å². The lowest BCUT2D eigenvalue weighted by Crippen LogP contribution is -2.15. The van der Waals surface area contributed by atoms with Crippen molar-refractivity contribution in [1.29, 1.82) is 0 Å². The van der Waals surface area contributed by atoms with Gasteiger partial charge in [0.05, 0.1) is 4.75 Å². The fourth-order valence-corrected chi connectivity index (χ4v) is 3.44. The van der Waals surface area contributed by atoms with Crippen molar-refractivity contribution >= 4 is 9.84 Å². The highest BCUT2D eigenvalue weighted by molar-refractivity contribution is 7.93. The van der Waals surface area contributed by atoms with Crippen molar-refractivity contribution in [2.24, 2.45) is 5.92 Å². The number of rotatable bonds is 2. The molecule has 2 aliphatic rings. The SMILES string of the molecule is CCS(=O)(=O)C12CC1C2. The summed E-state index contributed by atoms with van der Waals surface area (Å²) in [6.07, 6.45) is 1.92. The first kappa shape index (κ1) is 5.71. The first-order valence-electron chi connectivity index (χ1n) is 3.35.